The van der Waals surface area contributed by atoms with E-state index in [0.29, 0.717) is 5.95 Å². The van der Waals surface area contributed by atoms with E-state index in [1.54, 1.807) is 0 Å². The second-order valence-electron chi connectivity index (χ2n) is 4.20. The van der Waals surface area contributed by atoms with Crippen LogP contribution in [-0.4, -0.2) is 23.1 Å². The van der Waals surface area contributed by atoms with Gasteiger partial charge < -0.3 is 16.4 Å². The molecule has 1 fully saturated rings. The Morgan fingerprint density at radius 1 is 1.31 bits per heavy atom. The molecule has 1 aliphatic rings. The van der Waals surface area contributed by atoms with Crippen molar-refractivity contribution in [1.29, 1.82) is 0 Å². The van der Waals surface area contributed by atoms with Crippen molar-refractivity contribution >= 4 is 17.6 Å². The number of hydrogen-bond donors (Lipinski definition) is 3. The molecule has 16 heavy (non-hydrogen) atoms. The highest BCUT2D eigenvalue weighted by Gasteiger charge is 2.17. The lowest BCUT2D eigenvalue weighted by Crippen LogP contribution is -2.21. The molecule has 0 unspecified atom stereocenters. The average Bonchev–Trinajstić information content (AvgIpc) is 2.14. The average molecular weight is 221 g/mol. The fourth-order valence-corrected chi connectivity index (χ4v) is 1.77. The molecule has 0 aliphatic heterocycles. The fourth-order valence-electron chi connectivity index (χ4n) is 1.77. The van der Waals surface area contributed by atoms with Crippen LogP contribution in [0.4, 0.5) is 17.6 Å². The van der Waals surface area contributed by atoms with Crippen molar-refractivity contribution in [3.63, 3.8) is 0 Å². The Kier molecular flexibility index (Phi) is 3.44. The Labute approximate surface area is 95.9 Å². The number of hydrogen-bond acceptors (Lipinski definition) is 5. The summed E-state index contributed by atoms with van der Waals surface area (Å²) in [5.74, 6) is 2.72. The number of nitrogens with zero attached hydrogens (tertiary/aromatic N) is 2. The molecule has 0 aromatic carbocycles. The van der Waals surface area contributed by atoms with Crippen LogP contribution in [0.3, 0.4) is 0 Å². The smallest absolute Gasteiger partial charge is 0.223 e. The summed E-state index contributed by atoms with van der Waals surface area (Å²) < 4.78 is 0. The van der Waals surface area contributed by atoms with Gasteiger partial charge in [-0.15, -0.1) is 0 Å². The van der Waals surface area contributed by atoms with Crippen LogP contribution >= 0.6 is 0 Å². The molecule has 1 aliphatic carbocycles. The quantitative estimate of drug-likeness (QED) is 0.705. The number of rotatable bonds is 5. The summed E-state index contributed by atoms with van der Waals surface area (Å²) in [7, 11) is 0. The van der Waals surface area contributed by atoms with E-state index in [1.807, 2.05) is 13.0 Å². The van der Waals surface area contributed by atoms with Crippen molar-refractivity contribution in [2.75, 3.05) is 29.5 Å². The highest BCUT2D eigenvalue weighted by atomic mass is 15.1. The lowest BCUT2D eigenvalue weighted by molar-refractivity contribution is 0.333. The van der Waals surface area contributed by atoms with Crippen LogP contribution < -0.4 is 16.4 Å². The molecule has 88 valence electrons. The van der Waals surface area contributed by atoms with Gasteiger partial charge in [0.15, 0.2) is 0 Å². The summed E-state index contributed by atoms with van der Waals surface area (Å²) in [6, 6.07) is 1.90. The second-order valence-corrected chi connectivity index (χ2v) is 4.20. The van der Waals surface area contributed by atoms with Gasteiger partial charge in [0.1, 0.15) is 11.6 Å². The first-order valence-electron chi connectivity index (χ1n) is 5.90. The van der Waals surface area contributed by atoms with E-state index in [2.05, 4.69) is 20.6 Å². The van der Waals surface area contributed by atoms with Crippen LogP contribution in [0.1, 0.15) is 26.2 Å². The number of nitrogens with one attached hydrogen (secondary N) is 2. The molecular formula is C11H19N5. The van der Waals surface area contributed by atoms with Gasteiger partial charge >= 0.3 is 0 Å². The molecule has 0 radical (unpaired) electrons. The highest BCUT2D eigenvalue weighted by Crippen LogP contribution is 2.26. The van der Waals surface area contributed by atoms with Gasteiger partial charge in [0.2, 0.25) is 5.95 Å². The molecule has 1 aromatic rings. The number of nitrogens with two attached hydrogens (primary N) is 1. The SMILES string of the molecule is CCNc1cc(NCC2CCC2)nc(N)n1. The van der Waals surface area contributed by atoms with Gasteiger partial charge in [-0.1, -0.05) is 6.42 Å². The molecule has 1 heterocycles. The third-order valence-electron chi connectivity index (χ3n) is 2.90. The Morgan fingerprint density at radius 3 is 2.56 bits per heavy atom. The maximum Gasteiger partial charge on any atom is 0.223 e. The van der Waals surface area contributed by atoms with Crippen LogP contribution in [0.2, 0.25) is 0 Å². The first kappa shape index (κ1) is 11.0. The summed E-state index contributed by atoms with van der Waals surface area (Å²) in [5.41, 5.74) is 5.64. The fraction of sp³-hybridized carbons (Fsp3) is 0.636. The molecular weight excluding hydrogens is 202 g/mol. The number of aromatic nitrogens is 2. The van der Waals surface area contributed by atoms with Crippen LogP contribution in [0, 0.1) is 5.92 Å². The topological polar surface area (TPSA) is 75.9 Å². The highest BCUT2D eigenvalue weighted by molar-refractivity contribution is 5.50. The van der Waals surface area contributed by atoms with E-state index >= 15 is 0 Å². The van der Waals surface area contributed by atoms with Gasteiger partial charge in [0.05, 0.1) is 0 Å². The van der Waals surface area contributed by atoms with Gasteiger partial charge in [-0.3, -0.25) is 0 Å². The third kappa shape index (κ3) is 2.74. The van der Waals surface area contributed by atoms with Crippen LogP contribution in [0.25, 0.3) is 0 Å². The molecule has 1 saturated carbocycles. The number of anilines is 3. The number of nitrogen functional groups attached to an aromatic ring is 1. The molecule has 1 aromatic heterocycles. The van der Waals surface area contributed by atoms with E-state index in [-0.39, 0.29) is 0 Å². The molecule has 2 rings (SSSR count). The van der Waals surface area contributed by atoms with Crippen molar-refractivity contribution in [2.24, 2.45) is 5.92 Å². The molecule has 5 heteroatoms. The Bertz CT molecular complexity index is 348. The predicted octanol–water partition coefficient (Wildman–Crippen LogP) is 1.70. The zero-order chi connectivity index (χ0) is 11.4. The van der Waals surface area contributed by atoms with Gasteiger partial charge in [-0.05, 0) is 25.7 Å². The van der Waals surface area contributed by atoms with Crippen LogP contribution in [-0.2, 0) is 0 Å². The Hall–Kier alpha value is -1.52. The van der Waals surface area contributed by atoms with Crippen molar-refractivity contribution in [2.45, 2.75) is 26.2 Å². The molecule has 0 saturated heterocycles. The van der Waals surface area contributed by atoms with Crippen LogP contribution in [0.5, 0.6) is 0 Å². The van der Waals surface area contributed by atoms with Crippen molar-refractivity contribution < 1.29 is 0 Å². The summed E-state index contributed by atoms with van der Waals surface area (Å²) >= 11 is 0. The molecule has 0 amide bonds. The Balaban J connectivity index is 1.95. The summed E-state index contributed by atoms with van der Waals surface area (Å²) in [4.78, 5) is 8.26. The largest absolute Gasteiger partial charge is 0.370 e. The van der Waals surface area contributed by atoms with E-state index in [0.717, 1.165) is 30.6 Å². The molecule has 0 atom stereocenters. The van der Waals surface area contributed by atoms with Crippen molar-refractivity contribution in [3.8, 4) is 0 Å². The summed E-state index contributed by atoms with van der Waals surface area (Å²) in [6.45, 7) is 3.85. The van der Waals surface area contributed by atoms with Gasteiger partial charge in [0.25, 0.3) is 0 Å². The predicted molar refractivity (Wildman–Crippen MR) is 66.4 cm³/mol. The van der Waals surface area contributed by atoms with Crippen molar-refractivity contribution in [3.05, 3.63) is 6.07 Å². The second kappa shape index (κ2) is 5.01. The summed E-state index contributed by atoms with van der Waals surface area (Å²) in [6.07, 6.45) is 4.02. The van der Waals surface area contributed by atoms with Crippen LogP contribution in [0.15, 0.2) is 6.07 Å². The third-order valence-corrected chi connectivity index (χ3v) is 2.90. The van der Waals surface area contributed by atoms with Gasteiger partial charge in [-0.2, -0.15) is 9.97 Å². The first-order valence-corrected chi connectivity index (χ1v) is 5.90. The molecule has 0 spiro atoms. The maximum absolute atomic E-state index is 5.64. The minimum atomic E-state index is 0.314. The zero-order valence-corrected chi connectivity index (χ0v) is 9.66. The van der Waals surface area contributed by atoms with Crippen molar-refractivity contribution in [1.82, 2.24) is 9.97 Å². The van der Waals surface area contributed by atoms with E-state index in [4.69, 9.17) is 5.73 Å². The lowest BCUT2D eigenvalue weighted by Gasteiger charge is -2.25. The van der Waals surface area contributed by atoms with E-state index < -0.39 is 0 Å². The van der Waals surface area contributed by atoms with E-state index in [9.17, 15) is 0 Å². The van der Waals surface area contributed by atoms with Gasteiger partial charge in [0, 0.05) is 19.2 Å². The normalized spacial score (nSPS) is 15.6. The standard InChI is InChI=1S/C11H19N5/c1-2-13-9-6-10(16-11(12)15-9)14-7-8-4-3-5-8/h6,8H,2-5,7H2,1H3,(H4,12,13,14,15,16). The van der Waals surface area contributed by atoms with E-state index in [1.165, 1.54) is 19.3 Å². The zero-order valence-electron chi connectivity index (χ0n) is 9.66. The first-order chi connectivity index (χ1) is 7.78. The minimum absolute atomic E-state index is 0.314. The molecule has 5 nitrogen and oxygen atoms in total. The lowest BCUT2D eigenvalue weighted by atomic mass is 9.85. The molecule has 0 bridgehead atoms. The molecule has 4 N–H and O–H groups in total. The minimum Gasteiger partial charge on any atom is -0.370 e. The summed E-state index contributed by atoms with van der Waals surface area (Å²) in [5, 5.41) is 6.45. The van der Waals surface area contributed by atoms with Gasteiger partial charge in [-0.25, -0.2) is 0 Å². The Morgan fingerprint density at radius 2 is 2.00 bits per heavy atom. The maximum atomic E-state index is 5.64. The monoisotopic (exact) mass is 221 g/mol.